The molecule has 0 aliphatic rings. The lowest BCUT2D eigenvalue weighted by atomic mass is 10.1. The standard InChI is InChI=1S/C12H8N8O2/c13-11-9(17-21-19-11)7-8(10-12(14)20-22-18-10)16-6-4-2-1-3-5(6)15-7/h1-4H,(H2,13,19)(H2,14,20). The van der Waals surface area contributed by atoms with Gasteiger partial charge < -0.3 is 11.5 Å². The van der Waals surface area contributed by atoms with Crippen LogP contribution in [-0.2, 0) is 0 Å². The van der Waals surface area contributed by atoms with E-state index >= 15 is 0 Å². The molecule has 3 heterocycles. The van der Waals surface area contributed by atoms with Crippen molar-refractivity contribution in [3.05, 3.63) is 24.3 Å². The van der Waals surface area contributed by atoms with Crippen molar-refractivity contribution in [3.8, 4) is 22.8 Å². The molecule has 4 aromatic rings. The first-order valence-corrected chi connectivity index (χ1v) is 6.17. The van der Waals surface area contributed by atoms with Gasteiger partial charge in [-0.2, -0.15) is 0 Å². The Kier molecular flexibility index (Phi) is 2.48. The van der Waals surface area contributed by atoms with Gasteiger partial charge in [0.05, 0.1) is 11.0 Å². The molecule has 4 rings (SSSR count). The Balaban J connectivity index is 2.09. The molecule has 4 N–H and O–H groups in total. The third-order valence-electron chi connectivity index (χ3n) is 3.05. The predicted octanol–water partition coefficient (Wildman–Crippen LogP) is 0.894. The van der Waals surface area contributed by atoms with E-state index in [1.807, 2.05) is 24.3 Å². The summed E-state index contributed by atoms with van der Waals surface area (Å²) in [5.74, 6) is 0.168. The average molecular weight is 296 g/mol. The zero-order valence-corrected chi connectivity index (χ0v) is 11.0. The molecule has 0 aliphatic carbocycles. The zero-order valence-electron chi connectivity index (χ0n) is 11.0. The topological polar surface area (TPSA) is 156 Å². The van der Waals surface area contributed by atoms with Crippen LogP contribution < -0.4 is 11.5 Å². The smallest absolute Gasteiger partial charge is 0.198 e. The van der Waals surface area contributed by atoms with E-state index in [1.54, 1.807) is 0 Å². The molecule has 0 spiro atoms. The normalized spacial score (nSPS) is 11.1. The number of aromatic nitrogens is 6. The van der Waals surface area contributed by atoms with Crippen molar-refractivity contribution in [1.29, 1.82) is 0 Å². The van der Waals surface area contributed by atoms with E-state index in [-0.39, 0.29) is 23.0 Å². The quantitative estimate of drug-likeness (QED) is 0.544. The molecule has 1 aromatic carbocycles. The third kappa shape index (κ3) is 1.74. The Morgan fingerprint density at radius 3 is 1.45 bits per heavy atom. The van der Waals surface area contributed by atoms with Crippen molar-refractivity contribution < 1.29 is 9.26 Å². The molecule has 3 aromatic heterocycles. The lowest BCUT2D eigenvalue weighted by molar-refractivity contribution is 0.309. The Labute approximate surface area is 122 Å². The van der Waals surface area contributed by atoms with Gasteiger partial charge in [0.25, 0.3) is 0 Å². The van der Waals surface area contributed by atoms with Crippen molar-refractivity contribution in [2.75, 3.05) is 11.5 Å². The summed E-state index contributed by atoms with van der Waals surface area (Å²) in [6.07, 6.45) is 0. The molecule has 0 atom stereocenters. The molecule has 0 radical (unpaired) electrons. The molecule has 0 amide bonds. The van der Waals surface area contributed by atoms with Crippen molar-refractivity contribution in [3.63, 3.8) is 0 Å². The summed E-state index contributed by atoms with van der Waals surface area (Å²) in [4.78, 5) is 9.01. The van der Waals surface area contributed by atoms with Crippen molar-refractivity contribution in [2.24, 2.45) is 0 Å². The monoisotopic (exact) mass is 296 g/mol. The Morgan fingerprint density at radius 1 is 0.636 bits per heavy atom. The molecule has 108 valence electrons. The number of benzene rings is 1. The predicted molar refractivity (Wildman–Crippen MR) is 74.9 cm³/mol. The highest BCUT2D eigenvalue weighted by molar-refractivity contribution is 5.88. The van der Waals surface area contributed by atoms with Gasteiger partial charge in [-0.25, -0.2) is 19.2 Å². The number of nitrogens with zero attached hydrogens (tertiary/aromatic N) is 6. The number of hydrogen-bond acceptors (Lipinski definition) is 10. The summed E-state index contributed by atoms with van der Waals surface area (Å²) in [5, 5.41) is 14.6. The summed E-state index contributed by atoms with van der Waals surface area (Å²) in [6, 6.07) is 7.31. The van der Waals surface area contributed by atoms with E-state index in [4.69, 9.17) is 11.5 Å². The fourth-order valence-electron chi connectivity index (χ4n) is 2.05. The van der Waals surface area contributed by atoms with Crippen molar-refractivity contribution >= 4 is 22.7 Å². The first kappa shape index (κ1) is 12.2. The molecule has 10 nitrogen and oxygen atoms in total. The van der Waals surface area contributed by atoms with Gasteiger partial charge in [-0.15, -0.1) is 0 Å². The van der Waals surface area contributed by atoms with Gasteiger partial charge in [0.2, 0.25) is 0 Å². The minimum Gasteiger partial charge on any atom is -0.379 e. The molecule has 10 heteroatoms. The van der Waals surface area contributed by atoms with Crippen LogP contribution >= 0.6 is 0 Å². The van der Waals surface area contributed by atoms with Crippen LogP contribution in [0.25, 0.3) is 33.8 Å². The van der Waals surface area contributed by atoms with Gasteiger partial charge >= 0.3 is 0 Å². The summed E-state index contributed by atoms with van der Waals surface area (Å²) >= 11 is 0. The maximum absolute atomic E-state index is 5.75. The summed E-state index contributed by atoms with van der Waals surface area (Å²) in [5.41, 5.74) is 14.0. The van der Waals surface area contributed by atoms with Crippen LogP contribution in [0.2, 0.25) is 0 Å². The molecule has 0 unspecified atom stereocenters. The van der Waals surface area contributed by atoms with Crippen LogP contribution in [0.5, 0.6) is 0 Å². The Bertz CT molecular complexity index is 897. The van der Waals surface area contributed by atoms with Crippen molar-refractivity contribution in [1.82, 2.24) is 30.6 Å². The second-order valence-corrected chi connectivity index (χ2v) is 4.41. The molecule has 0 fully saturated rings. The van der Waals surface area contributed by atoms with Crippen LogP contribution in [0.3, 0.4) is 0 Å². The van der Waals surface area contributed by atoms with Crippen LogP contribution in [0, 0.1) is 0 Å². The van der Waals surface area contributed by atoms with Crippen molar-refractivity contribution in [2.45, 2.75) is 0 Å². The van der Waals surface area contributed by atoms with E-state index in [2.05, 4.69) is 39.9 Å². The lowest BCUT2D eigenvalue weighted by Gasteiger charge is -2.05. The Morgan fingerprint density at radius 2 is 1.09 bits per heavy atom. The molecular formula is C12H8N8O2. The van der Waals surface area contributed by atoms with Gasteiger partial charge in [-0.3, -0.25) is 0 Å². The number of hydrogen-bond donors (Lipinski definition) is 2. The number of rotatable bonds is 2. The van der Waals surface area contributed by atoms with E-state index in [1.165, 1.54) is 0 Å². The molecule has 0 bridgehead atoms. The number of anilines is 2. The van der Waals surface area contributed by atoms with Gasteiger partial charge in [0.1, 0.15) is 11.4 Å². The molecule has 0 aliphatic heterocycles. The zero-order chi connectivity index (χ0) is 15.1. The Hall–Kier alpha value is -3.56. The number of nitrogen functional groups attached to an aromatic ring is 2. The first-order valence-electron chi connectivity index (χ1n) is 6.17. The van der Waals surface area contributed by atoms with E-state index in [0.29, 0.717) is 22.4 Å². The van der Waals surface area contributed by atoms with E-state index in [0.717, 1.165) is 0 Å². The largest absolute Gasteiger partial charge is 0.379 e. The van der Waals surface area contributed by atoms with Gasteiger partial charge in [0, 0.05) is 0 Å². The van der Waals surface area contributed by atoms with Gasteiger partial charge in [-0.1, -0.05) is 12.1 Å². The summed E-state index contributed by atoms with van der Waals surface area (Å²) in [7, 11) is 0. The maximum Gasteiger partial charge on any atom is 0.198 e. The summed E-state index contributed by atoms with van der Waals surface area (Å²) in [6.45, 7) is 0. The fourth-order valence-corrected chi connectivity index (χ4v) is 2.05. The van der Waals surface area contributed by atoms with Crippen LogP contribution in [0.4, 0.5) is 11.6 Å². The van der Waals surface area contributed by atoms with Crippen LogP contribution in [0.1, 0.15) is 0 Å². The SMILES string of the molecule is Nc1nonc1-c1nc2ccccc2nc1-c1nonc1N. The van der Waals surface area contributed by atoms with Gasteiger partial charge in [0.15, 0.2) is 23.0 Å². The van der Waals surface area contributed by atoms with Crippen LogP contribution in [0.15, 0.2) is 33.5 Å². The highest BCUT2D eigenvalue weighted by atomic mass is 16.6. The second-order valence-electron chi connectivity index (χ2n) is 4.41. The number of para-hydroxylation sites is 2. The number of nitrogens with two attached hydrogens (primary N) is 2. The molecule has 0 saturated heterocycles. The minimum absolute atomic E-state index is 0.0841. The fraction of sp³-hybridized carbons (Fsp3) is 0. The highest BCUT2D eigenvalue weighted by Crippen LogP contribution is 2.33. The summed E-state index contributed by atoms with van der Waals surface area (Å²) < 4.78 is 9.26. The average Bonchev–Trinajstić information content (AvgIpc) is 3.14. The molecule has 0 saturated carbocycles. The van der Waals surface area contributed by atoms with E-state index in [9.17, 15) is 0 Å². The lowest BCUT2D eigenvalue weighted by Crippen LogP contribution is -2.00. The minimum atomic E-state index is 0.0841. The molecular weight excluding hydrogens is 288 g/mol. The third-order valence-corrected chi connectivity index (χ3v) is 3.05. The number of fused-ring (bicyclic) bond motifs is 1. The van der Waals surface area contributed by atoms with Gasteiger partial charge in [-0.05, 0) is 32.8 Å². The highest BCUT2D eigenvalue weighted by Gasteiger charge is 2.23. The van der Waals surface area contributed by atoms with E-state index < -0.39 is 0 Å². The first-order chi connectivity index (χ1) is 10.7. The maximum atomic E-state index is 5.75. The van der Waals surface area contributed by atoms with Crippen LogP contribution in [-0.4, -0.2) is 30.6 Å². The second kappa shape index (κ2) is 4.48. The molecule has 22 heavy (non-hydrogen) atoms.